The maximum absolute atomic E-state index is 14.1. The van der Waals surface area contributed by atoms with Gasteiger partial charge in [0.15, 0.2) is 11.5 Å². The third-order valence-corrected chi connectivity index (χ3v) is 5.06. The average Bonchev–Trinajstić information content (AvgIpc) is 2.72. The smallest absolute Gasteiger partial charge is 0.228 e. The van der Waals surface area contributed by atoms with E-state index < -0.39 is 0 Å². The molecule has 29 heavy (non-hydrogen) atoms. The van der Waals surface area contributed by atoms with Gasteiger partial charge in [-0.2, -0.15) is 4.98 Å². The van der Waals surface area contributed by atoms with Gasteiger partial charge in [0, 0.05) is 24.5 Å². The van der Waals surface area contributed by atoms with E-state index in [4.69, 9.17) is 15.2 Å². The van der Waals surface area contributed by atoms with Gasteiger partial charge >= 0.3 is 0 Å². The van der Waals surface area contributed by atoms with Gasteiger partial charge in [-0.15, -0.1) is 9.60 Å². The van der Waals surface area contributed by atoms with Crippen molar-refractivity contribution in [1.29, 1.82) is 0 Å². The summed E-state index contributed by atoms with van der Waals surface area (Å²) in [7, 11) is 3.10. The molecular weight excluding hydrogens is 377 g/mol. The molecule has 0 radical (unpaired) electrons. The molecule has 3 N–H and O–H groups in total. The number of halogens is 1. The second-order valence-electron chi connectivity index (χ2n) is 6.81. The van der Waals surface area contributed by atoms with Crippen LogP contribution >= 0.6 is 0 Å². The SMILES string of the molecule is COc1cc2nc(N3CCN(F)CC3c3cccc(O)c3)nc(N)c2cc1OC. The number of anilines is 2. The highest BCUT2D eigenvalue weighted by Crippen LogP contribution is 2.36. The number of phenolic OH excluding ortho intramolecular Hbond substituents is 1. The van der Waals surface area contributed by atoms with Crippen LogP contribution in [0.4, 0.5) is 16.2 Å². The highest BCUT2D eigenvalue weighted by molar-refractivity contribution is 5.91. The van der Waals surface area contributed by atoms with Gasteiger partial charge in [-0.1, -0.05) is 12.1 Å². The summed E-state index contributed by atoms with van der Waals surface area (Å²) < 4.78 is 24.8. The summed E-state index contributed by atoms with van der Waals surface area (Å²) in [6, 6.07) is 9.87. The van der Waals surface area contributed by atoms with Crippen molar-refractivity contribution < 1.29 is 19.1 Å². The Morgan fingerprint density at radius 2 is 1.86 bits per heavy atom. The first kappa shape index (κ1) is 19.0. The molecule has 1 aromatic heterocycles. The lowest BCUT2D eigenvalue weighted by molar-refractivity contribution is 0.00510. The highest BCUT2D eigenvalue weighted by Gasteiger charge is 2.31. The Morgan fingerprint density at radius 3 is 2.59 bits per heavy atom. The maximum Gasteiger partial charge on any atom is 0.228 e. The minimum absolute atomic E-state index is 0.120. The Hall–Kier alpha value is -3.33. The van der Waals surface area contributed by atoms with Gasteiger partial charge < -0.3 is 25.2 Å². The molecule has 4 rings (SSSR count). The molecule has 1 saturated heterocycles. The van der Waals surface area contributed by atoms with E-state index in [1.165, 1.54) is 0 Å². The number of fused-ring (bicyclic) bond motifs is 1. The molecule has 2 heterocycles. The van der Waals surface area contributed by atoms with Gasteiger partial charge in [-0.05, 0) is 23.8 Å². The summed E-state index contributed by atoms with van der Waals surface area (Å²) in [5.41, 5.74) is 7.58. The van der Waals surface area contributed by atoms with E-state index >= 15 is 0 Å². The van der Waals surface area contributed by atoms with Crippen molar-refractivity contribution in [3.63, 3.8) is 0 Å². The number of piperazine rings is 1. The summed E-state index contributed by atoms with van der Waals surface area (Å²) in [6.45, 7) is 0.703. The number of phenols is 1. The van der Waals surface area contributed by atoms with Crippen molar-refractivity contribution in [2.75, 3.05) is 44.5 Å². The number of ether oxygens (including phenoxy) is 2. The Morgan fingerprint density at radius 1 is 1.10 bits per heavy atom. The summed E-state index contributed by atoms with van der Waals surface area (Å²) in [4.78, 5) is 11.0. The van der Waals surface area contributed by atoms with Crippen LogP contribution < -0.4 is 20.1 Å². The minimum atomic E-state index is -0.377. The van der Waals surface area contributed by atoms with Crippen LogP contribution in [0.5, 0.6) is 17.2 Å². The molecule has 0 saturated carbocycles. The van der Waals surface area contributed by atoms with Crippen molar-refractivity contribution in [2.45, 2.75) is 6.04 Å². The number of nitrogens with zero attached hydrogens (tertiary/aromatic N) is 4. The summed E-state index contributed by atoms with van der Waals surface area (Å²) >= 11 is 0. The number of aromatic hydroxyl groups is 1. The van der Waals surface area contributed by atoms with Gasteiger partial charge in [-0.3, -0.25) is 0 Å². The van der Waals surface area contributed by atoms with Crippen LogP contribution in [0.2, 0.25) is 0 Å². The molecule has 0 amide bonds. The number of aromatic nitrogens is 2. The number of rotatable bonds is 4. The fourth-order valence-electron chi connectivity index (χ4n) is 3.60. The topological polar surface area (TPSA) is 97.0 Å². The van der Waals surface area contributed by atoms with Crippen molar-refractivity contribution in [3.05, 3.63) is 42.0 Å². The normalized spacial score (nSPS) is 17.5. The molecule has 0 bridgehead atoms. The predicted molar refractivity (Wildman–Crippen MR) is 108 cm³/mol. The van der Waals surface area contributed by atoms with E-state index in [2.05, 4.69) is 9.97 Å². The van der Waals surface area contributed by atoms with Crippen LogP contribution in [-0.2, 0) is 0 Å². The average molecular weight is 399 g/mol. The first-order valence-electron chi connectivity index (χ1n) is 9.15. The third-order valence-electron chi connectivity index (χ3n) is 5.06. The monoisotopic (exact) mass is 399 g/mol. The molecule has 0 aliphatic carbocycles. The van der Waals surface area contributed by atoms with E-state index in [1.807, 2.05) is 11.0 Å². The van der Waals surface area contributed by atoms with E-state index in [0.29, 0.717) is 40.7 Å². The van der Waals surface area contributed by atoms with Crippen LogP contribution in [0.3, 0.4) is 0 Å². The largest absolute Gasteiger partial charge is 0.508 e. The Kier molecular flexibility index (Phi) is 4.98. The number of benzene rings is 2. The first-order chi connectivity index (χ1) is 14.0. The van der Waals surface area contributed by atoms with Gasteiger partial charge in [0.25, 0.3) is 0 Å². The van der Waals surface area contributed by atoms with E-state index in [9.17, 15) is 9.59 Å². The fraction of sp³-hybridized carbons (Fsp3) is 0.300. The van der Waals surface area contributed by atoms with Crippen LogP contribution in [0, 0.1) is 0 Å². The number of hydrogen-bond acceptors (Lipinski definition) is 8. The van der Waals surface area contributed by atoms with E-state index in [1.54, 1.807) is 44.6 Å². The molecule has 1 fully saturated rings. The number of nitrogen functional groups attached to an aromatic ring is 1. The highest BCUT2D eigenvalue weighted by atomic mass is 19.2. The predicted octanol–water partition coefficient (Wildman–Crippen LogP) is 2.68. The zero-order chi connectivity index (χ0) is 20.5. The zero-order valence-electron chi connectivity index (χ0n) is 16.2. The molecule has 1 atom stereocenters. The lowest BCUT2D eigenvalue weighted by Crippen LogP contribution is -2.46. The lowest BCUT2D eigenvalue weighted by Gasteiger charge is -2.38. The van der Waals surface area contributed by atoms with Gasteiger partial charge in [-0.25, -0.2) is 4.98 Å². The van der Waals surface area contributed by atoms with Crippen LogP contribution in [0.15, 0.2) is 36.4 Å². The molecule has 1 aliphatic rings. The van der Waals surface area contributed by atoms with Crippen molar-refractivity contribution in [3.8, 4) is 17.2 Å². The minimum Gasteiger partial charge on any atom is -0.508 e. The Labute approximate surface area is 167 Å². The number of nitrogens with two attached hydrogens (primary N) is 1. The third kappa shape index (κ3) is 3.56. The van der Waals surface area contributed by atoms with Gasteiger partial charge in [0.1, 0.15) is 11.6 Å². The standard InChI is InChI=1S/C20H22FN5O3/c1-28-17-9-14-15(10-18(17)29-2)23-20(24-19(14)22)26-7-6-25(21)11-16(26)12-4-3-5-13(27)8-12/h3-5,8-10,16,27H,6-7,11H2,1-2H3,(H2,22,23,24). The van der Waals surface area contributed by atoms with Crippen molar-refractivity contribution >= 4 is 22.7 Å². The molecule has 152 valence electrons. The Balaban J connectivity index is 1.80. The molecule has 2 aromatic carbocycles. The van der Waals surface area contributed by atoms with Crippen LogP contribution in [-0.4, -0.2) is 54.1 Å². The number of methoxy groups -OCH3 is 2. The van der Waals surface area contributed by atoms with Gasteiger partial charge in [0.2, 0.25) is 5.95 Å². The summed E-state index contributed by atoms with van der Waals surface area (Å²) in [6.07, 6.45) is 0. The molecule has 3 aromatic rings. The maximum atomic E-state index is 14.1. The molecule has 8 nitrogen and oxygen atoms in total. The molecule has 0 spiro atoms. The van der Waals surface area contributed by atoms with Crippen LogP contribution in [0.1, 0.15) is 11.6 Å². The molecule has 9 heteroatoms. The second kappa shape index (κ2) is 7.59. The van der Waals surface area contributed by atoms with Gasteiger partial charge in [0.05, 0.1) is 32.3 Å². The second-order valence-corrected chi connectivity index (χ2v) is 6.81. The Bertz CT molecular complexity index is 1050. The molecular formula is C20H22FN5O3. The zero-order valence-corrected chi connectivity index (χ0v) is 16.2. The van der Waals surface area contributed by atoms with Crippen LogP contribution in [0.25, 0.3) is 10.9 Å². The number of hydrogen-bond donors (Lipinski definition) is 2. The first-order valence-corrected chi connectivity index (χ1v) is 9.15. The summed E-state index contributed by atoms with van der Waals surface area (Å²) in [5, 5.41) is 11.3. The van der Waals surface area contributed by atoms with E-state index in [0.717, 1.165) is 10.7 Å². The summed E-state index contributed by atoms with van der Waals surface area (Å²) in [5.74, 6) is 1.87. The van der Waals surface area contributed by atoms with E-state index in [-0.39, 0.29) is 24.9 Å². The lowest BCUT2D eigenvalue weighted by atomic mass is 10.0. The quantitative estimate of drug-likeness (QED) is 0.647. The molecule has 1 unspecified atom stereocenters. The van der Waals surface area contributed by atoms with Crippen molar-refractivity contribution in [1.82, 2.24) is 15.1 Å². The fourth-order valence-corrected chi connectivity index (χ4v) is 3.60. The molecule has 1 aliphatic heterocycles. The van der Waals surface area contributed by atoms with Crippen molar-refractivity contribution in [2.24, 2.45) is 0 Å².